The van der Waals surface area contributed by atoms with Crippen molar-refractivity contribution in [3.8, 4) is 5.75 Å². The molecular formula is C27H24Cl2F3NO2. The molecule has 0 heterocycles. The minimum atomic E-state index is -4.87. The quantitative estimate of drug-likeness (QED) is 0.262. The fourth-order valence-corrected chi connectivity index (χ4v) is 3.71. The molecule has 0 N–H and O–H groups in total. The second kappa shape index (κ2) is 12.2. The van der Waals surface area contributed by atoms with Crippen molar-refractivity contribution in [2.24, 2.45) is 0 Å². The molecule has 0 fully saturated rings. The van der Waals surface area contributed by atoms with Gasteiger partial charge in [0, 0.05) is 29.1 Å². The zero-order valence-electron chi connectivity index (χ0n) is 18.9. The van der Waals surface area contributed by atoms with Gasteiger partial charge in [-0.1, -0.05) is 65.7 Å². The number of alkyl halides is 3. The molecule has 0 unspecified atom stereocenters. The van der Waals surface area contributed by atoms with Crippen molar-refractivity contribution in [3.05, 3.63) is 106 Å². The monoisotopic (exact) mass is 521 g/mol. The van der Waals surface area contributed by atoms with Crippen molar-refractivity contribution in [3.63, 3.8) is 0 Å². The zero-order chi connectivity index (χ0) is 25.4. The number of ketones is 1. The van der Waals surface area contributed by atoms with Crippen LogP contribution in [-0.4, -0.2) is 43.6 Å². The van der Waals surface area contributed by atoms with Gasteiger partial charge in [0.1, 0.15) is 12.4 Å². The van der Waals surface area contributed by atoms with E-state index in [-0.39, 0.29) is 5.92 Å². The molecule has 0 amide bonds. The number of rotatable bonds is 10. The second-order valence-corrected chi connectivity index (χ2v) is 8.90. The summed E-state index contributed by atoms with van der Waals surface area (Å²) < 4.78 is 42.7. The Morgan fingerprint density at radius 1 is 0.914 bits per heavy atom. The van der Waals surface area contributed by atoms with Gasteiger partial charge in [0.05, 0.1) is 0 Å². The Hall–Kier alpha value is -2.80. The molecule has 3 aromatic carbocycles. The number of hydrogen-bond donors (Lipinski definition) is 0. The molecule has 0 radical (unpaired) electrons. The summed E-state index contributed by atoms with van der Waals surface area (Å²) in [6, 6.07) is 22.1. The van der Waals surface area contributed by atoms with Crippen molar-refractivity contribution in [2.45, 2.75) is 12.1 Å². The molecule has 35 heavy (non-hydrogen) atoms. The van der Waals surface area contributed by atoms with E-state index in [0.29, 0.717) is 40.6 Å². The summed E-state index contributed by atoms with van der Waals surface area (Å²) in [4.78, 5) is 13.1. The molecule has 0 aromatic heterocycles. The molecule has 3 nitrogen and oxygen atoms in total. The Morgan fingerprint density at radius 3 is 1.91 bits per heavy atom. The molecule has 0 atom stereocenters. The highest BCUT2D eigenvalue weighted by Gasteiger charge is 2.35. The fourth-order valence-electron chi connectivity index (χ4n) is 3.46. The fraction of sp³-hybridized carbons (Fsp3) is 0.222. The number of nitrogens with zero attached hydrogens (tertiary/aromatic N) is 1. The molecule has 0 spiro atoms. The molecule has 0 bridgehead atoms. The maximum Gasteiger partial charge on any atom is 0.454 e. The van der Waals surface area contributed by atoms with E-state index < -0.39 is 12.0 Å². The zero-order valence-corrected chi connectivity index (χ0v) is 20.4. The van der Waals surface area contributed by atoms with Crippen LogP contribution in [0.4, 0.5) is 13.2 Å². The minimum absolute atomic E-state index is 0.111. The number of allylic oxidation sites excluding steroid dienone is 1. The van der Waals surface area contributed by atoms with Crippen LogP contribution in [0.3, 0.4) is 0 Å². The average molecular weight is 522 g/mol. The van der Waals surface area contributed by atoms with Gasteiger partial charge in [-0.05, 0) is 66.2 Å². The molecular weight excluding hydrogens is 498 g/mol. The number of halogens is 5. The number of likely N-dealkylation sites (N-methyl/N-ethyl adjacent to an activating group) is 1. The van der Waals surface area contributed by atoms with Gasteiger partial charge in [-0.2, -0.15) is 13.2 Å². The molecule has 0 aliphatic rings. The van der Waals surface area contributed by atoms with E-state index in [9.17, 15) is 18.0 Å². The molecule has 3 aromatic rings. The molecule has 0 saturated carbocycles. The number of benzene rings is 3. The third-order valence-corrected chi connectivity index (χ3v) is 5.87. The summed E-state index contributed by atoms with van der Waals surface area (Å²) in [7, 11) is 2.01. The largest absolute Gasteiger partial charge is 0.492 e. The third-order valence-electron chi connectivity index (χ3n) is 5.37. The first-order valence-electron chi connectivity index (χ1n) is 10.8. The van der Waals surface area contributed by atoms with Crippen LogP contribution >= 0.6 is 23.2 Å². The lowest BCUT2D eigenvalue weighted by molar-refractivity contribution is -0.165. The maximum atomic E-state index is 12.3. The number of hydrogen-bond acceptors (Lipinski definition) is 3. The van der Waals surface area contributed by atoms with Crippen molar-refractivity contribution in [1.82, 2.24) is 4.90 Å². The van der Waals surface area contributed by atoms with Gasteiger partial charge in [-0.15, -0.1) is 0 Å². The summed E-state index contributed by atoms with van der Waals surface area (Å²) in [6.07, 6.45) is -3.23. The van der Waals surface area contributed by atoms with Crippen molar-refractivity contribution in [2.75, 3.05) is 26.7 Å². The van der Waals surface area contributed by atoms with E-state index >= 15 is 0 Å². The predicted molar refractivity (Wildman–Crippen MR) is 134 cm³/mol. The number of carbonyl (C=O) groups excluding carboxylic acids is 1. The first kappa shape index (κ1) is 26.8. The van der Waals surface area contributed by atoms with Gasteiger partial charge < -0.3 is 9.64 Å². The first-order valence-corrected chi connectivity index (χ1v) is 11.6. The van der Waals surface area contributed by atoms with E-state index in [4.69, 9.17) is 27.9 Å². The number of ether oxygens (including phenoxy) is 1. The molecule has 0 aliphatic carbocycles. The standard InChI is InChI=1S/C27H24Cl2F3NO2/c1-33(16-17-35-24-13-2-19(3-14-24)4-15-26(34)27(30,31)32)18-25(20-5-9-22(28)10-6-20)21-7-11-23(29)12-8-21/h2-15,25H,16-18H2,1H3/b15-4+. The first-order chi connectivity index (χ1) is 16.6. The lowest BCUT2D eigenvalue weighted by Crippen LogP contribution is -2.29. The van der Waals surface area contributed by atoms with Gasteiger partial charge in [0.25, 0.3) is 5.78 Å². The van der Waals surface area contributed by atoms with E-state index in [1.807, 2.05) is 55.6 Å². The Kier molecular flexibility index (Phi) is 9.38. The van der Waals surface area contributed by atoms with Crippen LogP contribution in [0.1, 0.15) is 22.6 Å². The van der Waals surface area contributed by atoms with Crippen LogP contribution in [-0.2, 0) is 4.79 Å². The maximum absolute atomic E-state index is 12.3. The Balaban J connectivity index is 1.56. The topological polar surface area (TPSA) is 29.5 Å². The molecule has 3 rings (SSSR count). The van der Waals surface area contributed by atoms with Crippen LogP contribution in [0.5, 0.6) is 5.75 Å². The van der Waals surface area contributed by atoms with Crippen LogP contribution in [0.2, 0.25) is 10.0 Å². The van der Waals surface area contributed by atoms with Gasteiger partial charge in [-0.3, -0.25) is 4.79 Å². The lowest BCUT2D eigenvalue weighted by Gasteiger charge is -2.25. The SMILES string of the molecule is CN(CCOc1ccc(/C=C/C(=O)C(F)(F)F)cc1)CC(c1ccc(Cl)cc1)c1ccc(Cl)cc1. The van der Waals surface area contributed by atoms with Crippen LogP contribution in [0.25, 0.3) is 6.08 Å². The highest BCUT2D eigenvalue weighted by molar-refractivity contribution is 6.30. The molecule has 8 heteroatoms. The summed E-state index contributed by atoms with van der Waals surface area (Å²) in [5, 5.41) is 1.36. The Morgan fingerprint density at radius 2 is 1.43 bits per heavy atom. The van der Waals surface area contributed by atoms with Gasteiger partial charge >= 0.3 is 6.18 Å². The van der Waals surface area contributed by atoms with Crippen LogP contribution < -0.4 is 4.74 Å². The summed E-state index contributed by atoms with van der Waals surface area (Å²) >= 11 is 12.1. The summed E-state index contributed by atoms with van der Waals surface area (Å²) in [6.45, 7) is 1.81. The lowest BCUT2D eigenvalue weighted by atomic mass is 9.91. The van der Waals surface area contributed by atoms with E-state index in [1.54, 1.807) is 24.3 Å². The van der Waals surface area contributed by atoms with Crippen molar-refractivity contribution >= 4 is 35.1 Å². The molecule has 184 valence electrons. The Bertz CT molecular complexity index is 1080. The van der Waals surface area contributed by atoms with Crippen molar-refractivity contribution in [1.29, 1.82) is 0 Å². The number of carbonyl (C=O) groups is 1. The molecule has 0 saturated heterocycles. The van der Waals surface area contributed by atoms with E-state index in [0.717, 1.165) is 23.7 Å². The minimum Gasteiger partial charge on any atom is -0.492 e. The second-order valence-electron chi connectivity index (χ2n) is 8.03. The normalized spacial score (nSPS) is 12.0. The van der Waals surface area contributed by atoms with Crippen LogP contribution in [0, 0.1) is 0 Å². The summed E-state index contributed by atoms with van der Waals surface area (Å²) in [5.41, 5.74) is 2.75. The highest BCUT2D eigenvalue weighted by atomic mass is 35.5. The average Bonchev–Trinajstić information content (AvgIpc) is 2.82. The van der Waals surface area contributed by atoms with Gasteiger partial charge in [0.15, 0.2) is 0 Å². The highest BCUT2D eigenvalue weighted by Crippen LogP contribution is 2.28. The Labute approximate surface area is 212 Å². The predicted octanol–water partition coefficient (Wildman–Crippen LogP) is 7.28. The van der Waals surface area contributed by atoms with Crippen molar-refractivity contribution < 1.29 is 22.7 Å². The van der Waals surface area contributed by atoms with Crippen LogP contribution in [0.15, 0.2) is 78.9 Å². The smallest absolute Gasteiger partial charge is 0.454 e. The molecule has 0 aliphatic heterocycles. The third kappa shape index (κ3) is 8.42. The van der Waals surface area contributed by atoms with E-state index in [2.05, 4.69) is 4.90 Å². The van der Waals surface area contributed by atoms with Gasteiger partial charge in [0.2, 0.25) is 0 Å². The van der Waals surface area contributed by atoms with Gasteiger partial charge in [-0.25, -0.2) is 0 Å². The van der Waals surface area contributed by atoms with E-state index in [1.165, 1.54) is 0 Å². The summed E-state index contributed by atoms with van der Waals surface area (Å²) in [5.74, 6) is -1.19.